The summed E-state index contributed by atoms with van der Waals surface area (Å²) in [6.07, 6.45) is 2.32. The van der Waals surface area contributed by atoms with Crippen LogP contribution in [0.1, 0.15) is 36.5 Å². The Hall–Kier alpha value is -1.84. The van der Waals surface area contributed by atoms with E-state index in [9.17, 15) is 15.2 Å². The van der Waals surface area contributed by atoms with Crippen LogP contribution in [0.4, 0.5) is 0 Å². The van der Waals surface area contributed by atoms with E-state index in [4.69, 9.17) is 5.11 Å². The molecule has 0 saturated carbocycles. The number of hydrogen-bond acceptors (Lipinski definition) is 5. The molecule has 1 aliphatic heterocycles. The van der Waals surface area contributed by atoms with E-state index in [1.807, 2.05) is 6.07 Å². The third kappa shape index (κ3) is 3.16. The molecule has 0 spiro atoms. The van der Waals surface area contributed by atoms with Crippen molar-refractivity contribution < 1.29 is 10.2 Å². The van der Waals surface area contributed by atoms with Gasteiger partial charge in [0.1, 0.15) is 11.6 Å². The molecule has 22 heavy (non-hydrogen) atoms. The molecule has 120 valence electrons. The van der Waals surface area contributed by atoms with Gasteiger partial charge < -0.3 is 10.2 Å². The van der Waals surface area contributed by atoms with Crippen LogP contribution in [0.15, 0.2) is 4.79 Å². The van der Waals surface area contributed by atoms with Crippen LogP contribution >= 0.6 is 0 Å². The first kappa shape index (κ1) is 16.5. The molecule has 0 amide bonds. The maximum Gasteiger partial charge on any atom is 0.271 e. The fourth-order valence-corrected chi connectivity index (χ4v) is 3.16. The number of rotatable bonds is 4. The van der Waals surface area contributed by atoms with E-state index in [2.05, 4.69) is 11.8 Å². The Balaban J connectivity index is 2.44. The molecule has 0 radical (unpaired) electrons. The number of likely N-dealkylation sites (tertiary alicyclic amines) is 1. The van der Waals surface area contributed by atoms with Gasteiger partial charge in [-0.05, 0) is 37.8 Å². The number of pyridine rings is 1. The van der Waals surface area contributed by atoms with Crippen molar-refractivity contribution in [1.82, 2.24) is 9.47 Å². The minimum absolute atomic E-state index is 0.0109. The standard InChI is InChI=1S/C16H23N3O3/c1-11-4-3-5-18(9-11)10-14-12(2)13(8-17)15(21)19(6-7-20)16(14)22/h11,20,22H,3-7,9-10H2,1-2H3/t11-/m1/s1. The van der Waals surface area contributed by atoms with Gasteiger partial charge in [0.15, 0.2) is 5.88 Å². The van der Waals surface area contributed by atoms with E-state index in [0.29, 0.717) is 23.6 Å². The lowest BCUT2D eigenvalue weighted by atomic mass is 9.98. The summed E-state index contributed by atoms with van der Waals surface area (Å²) >= 11 is 0. The largest absolute Gasteiger partial charge is 0.494 e. The molecular formula is C16H23N3O3. The summed E-state index contributed by atoms with van der Waals surface area (Å²) in [6.45, 7) is 6.04. The van der Waals surface area contributed by atoms with Crippen molar-refractivity contribution >= 4 is 0 Å². The number of piperidine rings is 1. The second kappa shape index (κ2) is 6.95. The molecule has 1 fully saturated rings. The maximum atomic E-state index is 12.2. The highest BCUT2D eigenvalue weighted by Gasteiger charge is 2.23. The highest BCUT2D eigenvalue weighted by Crippen LogP contribution is 2.25. The van der Waals surface area contributed by atoms with Crippen molar-refractivity contribution in [2.75, 3.05) is 19.7 Å². The molecule has 1 saturated heterocycles. The number of nitrogens with zero attached hydrogens (tertiary/aromatic N) is 3. The summed E-state index contributed by atoms with van der Waals surface area (Å²) < 4.78 is 1.09. The second-order valence-electron chi connectivity index (χ2n) is 6.08. The van der Waals surface area contributed by atoms with Crippen LogP contribution in [0.25, 0.3) is 0 Å². The predicted octanol–water partition coefficient (Wildman–Crippen LogP) is 0.958. The van der Waals surface area contributed by atoms with Crippen LogP contribution < -0.4 is 5.56 Å². The molecular weight excluding hydrogens is 282 g/mol. The van der Waals surface area contributed by atoms with E-state index in [-0.39, 0.29) is 24.6 Å². The van der Waals surface area contributed by atoms with E-state index >= 15 is 0 Å². The monoisotopic (exact) mass is 305 g/mol. The Kier molecular flexibility index (Phi) is 5.22. The summed E-state index contributed by atoms with van der Waals surface area (Å²) in [7, 11) is 0. The van der Waals surface area contributed by atoms with Gasteiger partial charge in [0, 0.05) is 18.7 Å². The topological polar surface area (TPSA) is 89.5 Å². The number of aromatic nitrogens is 1. The summed E-state index contributed by atoms with van der Waals surface area (Å²) in [5.74, 6) is 0.476. The first-order chi connectivity index (χ1) is 10.5. The number of aliphatic hydroxyl groups excluding tert-OH is 1. The molecule has 2 heterocycles. The van der Waals surface area contributed by atoms with Crippen molar-refractivity contribution in [2.45, 2.75) is 39.8 Å². The fourth-order valence-electron chi connectivity index (χ4n) is 3.16. The molecule has 0 unspecified atom stereocenters. The van der Waals surface area contributed by atoms with Crippen LogP contribution in [-0.2, 0) is 13.1 Å². The Morgan fingerprint density at radius 3 is 2.77 bits per heavy atom. The number of hydrogen-bond donors (Lipinski definition) is 2. The van der Waals surface area contributed by atoms with E-state index in [0.717, 1.165) is 24.1 Å². The third-order valence-corrected chi connectivity index (χ3v) is 4.37. The molecule has 0 aliphatic carbocycles. The lowest BCUT2D eigenvalue weighted by molar-refractivity contribution is 0.173. The Morgan fingerprint density at radius 1 is 1.45 bits per heavy atom. The van der Waals surface area contributed by atoms with E-state index < -0.39 is 5.56 Å². The molecule has 1 aromatic rings. The van der Waals surface area contributed by atoms with E-state index in [1.165, 1.54) is 6.42 Å². The molecule has 2 N–H and O–H groups in total. The Bertz CT molecular complexity index is 646. The molecule has 0 bridgehead atoms. The number of aromatic hydroxyl groups is 1. The third-order valence-electron chi connectivity index (χ3n) is 4.37. The van der Waals surface area contributed by atoms with Gasteiger partial charge in [0.05, 0.1) is 13.2 Å². The van der Waals surface area contributed by atoms with Crippen LogP contribution in [0, 0.1) is 24.2 Å². The van der Waals surface area contributed by atoms with Crippen molar-refractivity contribution in [3.05, 3.63) is 27.0 Å². The summed E-state index contributed by atoms with van der Waals surface area (Å²) in [5, 5.41) is 28.7. The van der Waals surface area contributed by atoms with Gasteiger partial charge in [-0.1, -0.05) is 6.92 Å². The lowest BCUT2D eigenvalue weighted by Crippen LogP contribution is -2.35. The minimum atomic E-state index is -0.540. The van der Waals surface area contributed by atoms with E-state index in [1.54, 1.807) is 6.92 Å². The van der Waals surface area contributed by atoms with Gasteiger partial charge in [-0.3, -0.25) is 14.3 Å². The van der Waals surface area contributed by atoms with Gasteiger partial charge in [-0.25, -0.2) is 0 Å². The average Bonchev–Trinajstić information content (AvgIpc) is 2.49. The highest BCUT2D eigenvalue weighted by molar-refractivity contribution is 5.45. The van der Waals surface area contributed by atoms with Gasteiger partial charge in [-0.2, -0.15) is 5.26 Å². The molecule has 1 aliphatic rings. The zero-order chi connectivity index (χ0) is 16.3. The first-order valence-electron chi connectivity index (χ1n) is 7.68. The van der Waals surface area contributed by atoms with Crippen molar-refractivity contribution in [3.8, 4) is 11.9 Å². The van der Waals surface area contributed by atoms with Crippen LogP contribution in [0.3, 0.4) is 0 Å². The zero-order valence-electron chi connectivity index (χ0n) is 13.2. The molecule has 2 rings (SSSR count). The molecule has 1 atom stereocenters. The van der Waals surface area contributed by atoms with Gasteiger partial charge in [-0.15, -0.1) is 0 Å². The lowest BCUT2D eigenvalue weighted by Gasteiger charge is -2.31. The van der Waals surface area contributed by atoms with Gasteiger partial charge in [0.25, 0.3) is 5.56 Å². The van der Waals surface area contributed by atoms with Crippen molar-refractivity contribution in [1.29, 1.82) is 5.26 Å². The summed E-state index contributed by atoms with van der Waals surface area (Å²) in [5.41, 5.74) is 0.657. The predicted molar refractivity (Wildman–Crippen MR) is 82.6 cm³/mol. The smallest absolute Gasteiger partial charge is 0.271 e. The van der Waals surface area contributed by atoms with Crippen molar-refractivity contribution in [3.63, 3.8) is 0 Å². The normalized spacial score (nSPS) is 19.1. The Labute approximate surface area is 130 Å². The molecule has 0 aromatic carbocycles. The summed E-state index contributed by atoms with van der Waals surface area (Å²) in [6, 6.07) is 1.93. The number of nitriles is 1. The molecule has 6 heteroatoms. The van der Waals surface area contributed by atoms with Gasteiger partial charge in [0.2, 0.25) is 0 Å². The Morgan fingerprint density at radius 2 is 2.18 bits per heavy atom. The van der Waals surface area contributed by atoms with Crippen LogP contribution in [0.5, 0.6) is 5.88 Å². The SMILES string of the molecule is Cc1c(CN2CCC[C@@H](C)C2)c(O)n(CCO)c(=O)c1C#N. The van der Waals surface area contributed by atoms with Crippen molar-refractivity contribution in [2.24, 2.45) is 5.92 Å². The fraction of sp³-hybridized carbons (Fsp3) is 0.625. The minimum Gasteiger partial charge on any atom is -0.494 e. The average molecular weight is 305 g/mol. The zero-order valence-corrected chi connectivity index (χ0v) is 13.2. The summed E-state index contributed by atoms with van der Waals surface area (Å²) in [4.78, 5) is 14.4. The quantitative estimate of drug-likeness (QED) is 0.865. The van der Waals surface area contributed by atoms with Crippen LogP contribution in [-0.4, -0.2) is 39.4 Å². The van der Waals surface area contributed by atoms with Gasteiger partial charge >= 0.3 is 0 Å². The molecule has 6 nitrogen and oxygen atoms in total. The second-order valence-corrected chi connectivity index (χ2v) is 6.08. The number of aliphatic hydroxyl groups is 1. The van der Waals surface area contributed by atoms with Crippen LogP contribution in [0.2, 0.25) is 0 Å². The molecule has 1 aromatic heterocycles. The maximum absolute atomic E-state index is 12.2. The first-order valence-corrected chi connectivity index (χ1v) is 7.68. The highest BCUT2D eigenvalue weighted by atomic mass is 16.3.